The van der Waals surface area contributed by atoms with Gasteiger partial charge in [-0.3, -0.25) is 4.79 Å². The Labute approximate surface area is 130 Å². The molecular formula is C17H21NO2S. The molecule has 1 aromatic carbocycles. The van der Waals surface area contributed by atoms with Gasteiger partial charge in [-0.15, -0.1) is 11.3 Å². The monoisotopic (exact) mass is 303 g/mol. The molecule has 0 amide bonds. The van der Waals surface area contributed by atoms with Crippen molar-refractivity contribution in [1.29, 1.82) is 0 Å². The molecule has 0 aliphatic heterocycles. The highest BCUT2D eigenvalue weighted by atomic mass is 32.1. The third kappa shape index (κ3) is 4.14. The van der Waals surface area contributed by atoms with Crippen LogP contribution in [0.5, 0.6) is 5.75 Å². The van der Waals surface area contributed by atoms with E-state index in [0.717, 1.165) is 40.6 Å². The van der Waals surface area contributed by atoms with Crippen LogP contribution in [-0.4, -0.2) is 10.8 Å². The number of ketones is 1. The van der Waals surface area contributed by atoms with Gasteiger partial charge < -0.3 is 4.74 Å². The number of carbonyl (C=O) groups excluding carboxylic acids is 1. The molecule has 21 heavy (non-hydrogen) atoms. The smallest absolute Gasteiger partial charge is 0.171 e. The van der Waals surface area contributed by atoms with E-state index in [0.29, 0.717) is 6.61 Å². The Morgan fingerprint density at radius 1 is 1.24 bits per heavy atom. The van der Waals surface area contributed by atoms with Crippen LogP contribution in [0.25, 0.3) is 0 Å². The number of ether oxygens (including phenoxy) is 1. The number of carbonyl (C=O) groups is 1. The summed E-state index contributed by atoms with van der Waals surface area (Å²) >= 11 is 1.45. The van der Waals surface area contributed by atoms with Gasteiger partial charge in [0.1, 0.15) is 17.4 Å². The lowest BCUT2D eigenvalue weighted by atomic mass is 10.2. The zero-order chi connectivity index (χ0) is 15.2. The van der Waals surface area contributed by atoms with Gasteiger partial charge in [-0.1, -0.05) is 32.4 Å². The molecule has 3 nitrogen and oxygen atoms in total. The molecule has 1 aromatic heterocycles. The van der Waals surface area contributed by atoms with E-state index in [2.05, 4.69) is 31.0 Å². The van der Waals surface area contributed by atoms with Crippen molar-refractivity contribution in [2.45, 2.75) is 46.6 Å². The summed E-state index contributed by atoms with van der Waals surface area (Å²) in [7, 11) is 0. The van der Waals surface area contributed by atoms with Crippen molar-refractivity contribution in [3.05, 3.63) is 45.4 Å². The summed E-state index contributed by atoms with van der Waals surface area (Å²) in [5.74, 6) is 0.929. The number of rotatable bonds is 7. The molecule has 0 unspecified atom stereocenters. The number of hydrogen-bond acceptors (Lipinski definition) is 4. The third-order valence-electron chi connectivity index (χ3n) is 3.24. The topological polar surface area (TPSA) is 39.2 Å². The summed E-state index contributed by atoms with van der Waals surface area (Å²) in [5.41, 5.74) is 2.20. The van der Waals surface area contributed by atoms with Crippen molar-refractivity contribution in [3.63, 3.8) is 0 Å². The molecule has 0 spiro atoms. The second-order valence-corrected chi connectivity index (χ2v) is 6.06. The largest absolute Gasteiger partial charge is 0.486 e. The van der Waals surface area contributed by atoms with E-state index in [-0.39, 0.29) is 5.78 Å². The van der Waals surface area contributed by atoms with Crippen LogP contribution in [0.2, 0.25) is 0 Å². The number of Topliss-reactive ketones (excluding diaryl/α,β-unsaturated/α-hetero) is 1. The Morgan fingerprint density at radius 2 is 1.95 bits per heavy atom. The van der Waals surface area contributed by atoms with Crippen LogP contribution < -0.4 is 4.74 Å². The number of hydrogen-bond donors (Lipinski definition) is 0. The minimum absolute atomic E-state index is 0.0921. The summed E-state index contributed by atoms with van der Waals surface area (Å²) < 4.78 is 5.75. The Balaban J connectivity index is 2.05. The molecule has 0 aliphatic carbocycles. The quantitative estimate of drug-likeness (QED) is 0.710. The lowest BCUT2D eigenvalue weighted by Gasteiger charge is -2.04. The van der Waals surface area contributed by atoms with Crippen LogP contribution >= 0.6 is 11.3 Å². The third-order valence-corrected chi connectivity index (χ3v) is 4.41. The minimum atomic E-state index is 0.0921. The number of nitrogens with zero attached hydrogens (tertiary/aromatic N) is 1. The van der Waals surface area contributed by atoms with Crippen LogP contribution in [0.1, 0.15) is 53.1 Å². The van der Waals surface area contributed by atoms with Crippen LogP contribution in [-0.2, 0) is 19.4 Å². The van der Waals surface area contributed by atoms with Crippen molar-refractivity contribution >= 4 is 17.1 Å². The zero-order valence-corrected chi connectivity index (χ0v) is 13.6. The molecule has 0 radical (unpaired) electrons. The number of benzene rings is 1. The predicted molar refractivity (Wildman–Crippen MR) is 86.3 cm³/mol. The average Bonchev–Trinajstić information content (AvgIpc) is 2.89. The predicted octanol–water partition coefficient (Wildman–Crippen LogP) is 4.44. The maximum atomic E-state index is 11.6. The van der Waals surface area contributed by atoms with Crippen LogP contribution in [0.15, 0.2) is 24.3 Å². The molecule has 0 atom stereocenters. The first-order valence-corrected chi connectivity index (χ1v) is 8.17. The molecule has 0 bridgehead atoms. The summed E-state index contributed by atoms with van der Waals surface area (Å²) in [5, 5.41) is 0.864. The fourth-order valence-electron chi connectivity index (χ4n) is 2.11. The summed E-state index contributed by atoms with van der Waals surface area (Å²) in [4.78, 5) is 16.9. The van der Waals surface area contributed by atoms with Crippen LogP contribution in [0.3, 0.4) is 0 Å². The van der Waals surface area contributed by atoms with Crippen LogP contribution in [0, 0.1) is 0 Å². The maximum absolute atomic E-state index is 11.6. The fourth-order valence-corrected chi connectivity index (χ4v) is 3.03. The molecule has 0 saturated carbocycles. The summed E-state index contributed by atoms with van der Waals surface area (Å²) in [6.45, 7) is 6.24. The van der Waals surface area contributed by atoms with Gasteiger partial charge in [0, 0.05) is 6.92 Å². The molecule has 0 fully saturated rings. The van der Waals surface area contributed by atoms with Crippen LogP contribution in [0.4, 0.5) is 0 Å². The summed E-state index contributed by atoms with van der Waals surface area (Å²) in [6.07, 6.45) is 2.86. The Hall–Kier alpha value is -1.68. The van der Waals surface area contributed by atoms with E-state index in [1.807, 2.05) is 12.1 Å². The van der Waals surface area contributed by atoms with Gasteiger partial charge >= 0.3 is 0 Å². The van der Waals surface area contributed by atoms with E-state index in [9.17, 15) is 4.79 Å². The lowest BCUT2D eigenvalue weighted by molar-refractivity contribution is 0.102. The highest BCUT2D eigenvalue weighted by Gasteiger charge is 2.14. The Bertz CT molecular complexity index is 602. The molecule has 112 valence electrons. The first-order valence-electron chi connectivity index (χ1n) is 7.35. The van der Waals surface area contributed by atoms with Crippen molar-refractivity contribution in [1.82, 2.24) is 4.98 Å². The average molecular weight is 303 g/mol. The molecule has 4 heteroatoms. The lowest BCUT2D eigenvalue weighted by Crippen LogP contribution is -1.97. The van der Waals surface area contributed by atoms with Gasteiger partial charge in [0.2, 0.25) is 0 Å². The standard InChI is InChI=1S/C17H21NO2S/c1-4-6-15-17(12(3)19)21-16(18-15)11-20-14-9-7-13(5-2)8-10-14/h7-10H,4-6,11H2,1-3H3. The first kappa shape index (κ1) is 15.7. The van der Waals surface area contributed by atoms with E-state index in [1.54, 1.807) is 6.92 Å². The number of aromatic nitrogens is 1. The van der Waals surface area contributed by atoms with Crippen molar-refractivity contribution in [2.75, 3.05) is 0 Å². The second-order valence-electron chi connectivity index (χ2n) is 4.98. The van der Waals surface area contributed by atoms with E-state index in [1.165, 1.54) is 16.9 Å². The first-order chi connectivity index (χ1) is 10.1. The van der Waals surface area contributed by atoms with E-state index < -0.39 is 0 Å². The summed E-state index contributed by atoms with van der Waals surface area (Å²) in [6, 6.07) is 8.10. The van der Waals surface area contributed by atoms with E-state index >= 15 is 0 Å². The highest BCUT2D eigenvalue weighted by molar-refractivity contribution is 7.13. The van der Waals surface area contributed by atoms with Gasteiger partial charge in [-0.25, -0.2) is 4.98 Å². The van der Waals surface area contributed by atoms with Gasteiger partial charge in [0.15, 0.2) is 5.78 Å². The van der Waals surface area contributed by atoms with Gasteiger partial charge in [-0.2, -0.15) is 0 Å². The van der Waals surface area contributed by atoms with Crippen molar-refractivity contribution in [2.24, 2.45) is 0 Å². The number of aryl methyl sites for hydroxylation is 2. The SMILES string of the molecule is CCCc1nc(COc2ccc(CC)cc2)sc1C(C)=O. The molecule has 2 rings (SSSR count). The van der Waals surface area contributed by atoms with Gasteiger partial charge in [0.05, 0.1) is 10.6 Å². The minimum Gasteiger partial charge on any atom is -0.486 e. The fraction of sp³-hybridized carbons (Fsp3) is 0.412. The highest BCUT2D eigenvalue weighted by Crippen LogP contribution is 2.22. The normalized spacial score (nSPS) is 10.6. The van der Waals surface area contributed by atoms with Gasteiger partial charge in [-0.05, 0) is 30.5 Å². The van der Waals surface area contributed by atoms with Crippen molar-refractivity contribution < 1.29 is 9.53 Å². The van der Waals surface area contributed by atoms with E-state index in [4.69, 9.17) is 4.74 Å². The Morgan fingerprint density at radius 3 is 2.52 bits per heavy atom. The maximum Gasteiger partial charge on any atom is 0.171 e. The molecule has 0 aliphatic rings. The number of thiazole rings is 1. The molecule has 0 saturated heterocycles. The Kier molecular flexibility index (Phi) is 5.51. The molecule has 1 heterocycles. The van der Waals surface area contributed by atoms with Gasteiger partial charge in [0.25, 0.3) is 0 Å². The van der Waals surface area contributed by atoms with Crippen molar-refractivity contribution in [3.8, 4) is 5.75 Å². The zero-order valence-electron chi connectivity index (χ0n) is 12.8. The second kappa shape index (κ2) is 7.36. The molecular weight excluding hydrogens is 282 g/mol. The molecule has 2 aromatic rings. The molecule has 0 N–H and O–H groups in total.